The Balaban J connectivity index is 0.00000364. The predicted molar refractivity (Wildman–Crippen MR) is 113 cm³/mol. The summed E-state index contributed by atoms with van der Waals surface area (Å²) in [5.74, 6) is 1.35. The van der Waals surface area contributed by atoms with Crippen LogP contribution in [0.4, 0.5) is 5.69 Å². The van der Waals surface area contributed by atoms with Crippen LogP contribution in [0.25, 0.3) is 0 Å². The fourth-order valence-corrected chi connectivity index (χ4v) is 2.97. The summed E-state index contributed by atoms with van der Waals surface area (Å²) in [6.07, 6.45) is 5.15. The van der Waals surface area contributed by atoms with Crippen LogP contribution in [0.2, 0.25) is 0 Å². The van der Waals surface area contributed by atoms with Gasteiger partial charge in [-0.3, -0.25) is 24.6 Å². The minimum atomic E-state index is -0.459. The molecule has 1 aliphatic heterocycles. The van der Waals surface area contributed by atoms with E-state index in [1.165, 1.54) is 17.1 Å². The van der Waals surface area contributed by atoms with Crippen molar-refractivity contribution in [2.75, 3.05) is 33.2 Å². The number of aliphatic imine (C=N–C) groups is 1. The number of hydrogen-bond acceptors (Lipinski definition) is 5. The molecule has 2 rings (SSSR count). The fraction of sp³-hybridized carbons (Fsp3) is 0.688. The molecular weight excluding hydrogens is 465 g/mol. The van der Waals surface area contributed by atoms with Crippen LogP contribution in [0.15, 0.2) is 17.4 Å². The first-order valence-corrected chi connectivity index (χ1v) is 8.94. The molecule has 1 aromatic heterocycles. The molecule has 1 fully saturated rings. The minimum Gasteiger partial charge on any atom is -0.359 e. The van der Waals surface area contributed by atoms with E-state index in [0.29, 0.717) is 25.4 Å². The molecule has 1 aliphatic rings. The zero-order valence-electron chi connectivity index (χ0n) is 15.8. The number of guanidine groups is 1. The summed E-state index contributed by atoms with van der Waals surface area (Å²) in [5.41, 5.74) is -0.0147. The van der Waals surface area contributed by atoms with Gasteiger partial charge >= 0.3 is 5.69 Å². The van der Waals surface area contributed by atoms with Crippen LogP contribution in [-0.4, -0.2) is 64.7 Å². The summed E-state index contributed by atoms with van der Waals surface area (Å²) in [5, 5.41) is 20.6. The average molecular weight is 493 g/mol. The number of halogens is 1. The van der Waals surface area contributed by atoms with Crippen LogP contribution in [0.3, 0.4) is 0 Å². The molecule has 152 valence electrons. The predicted octanol–water partition coefficient (Wildman–Crippen LogP) is 1.22. The second-order valence-electron chi connectivity index (χ2n) is 6.26. The molecule has 0 radical (unpaired) electrons. The normalized spacial score (nSPS) is 15.2. The average Bonchev–Trinajstić information content (AvgIpc) is 3.11. The lowest BCUT2D eigenvalue weighted by atomic mass is 9.93. The Hall–Kier alpha value is -1.92. The third-order valence-corrected chi connectivity index (χ3v) is 4.42. The molecule has 0 aromatic carbocycles. The Morgan fingerprint density at radius 2 is 2.15 bits per heavy atom. The van der Waals surface area contributed by atoms with E-state index in [-0.39, 0.29) is 35.6 Å². The SMILES string of the molecule is CCNC(=NCCn1cc([N+](=O)[O-])cn1)N1CCC(CC(=O)NC)CC1.I. The number of nitrogens with one attached hydrogen (secondary N) is 2. The van der Waals surface area contributed by atoms with Crippen LogP contribution in [0, 0.1) is 16.0 Å². The number of aromatic nitrogens is 2. The van der Waals surface area contributed by atoms with E-state index >= 15 is 0 Å². The van der Waals surface area contributed by atoms with Gasteiger partial charge in [-0.1, -0.05) is 0 Å². The quantitative estimate of drug-likeness (QED) is 0.194. The molecule has 0 saturated carbocycles. The van der Waals surface area contributed by atoms with Crippen molar-refractivity contribution in [2.45, 2.75) is 32.7 Å². The Kier molecular flexibility index (Phi) is 10.0. The van der Waals surface area contributed by atoms with Gasteiger partial charge in [-0.2, -0.15) is 5.10 Å². The van der Waals surface area contributed by atoms with Crippen LogP contribution < -0.4 is 10.6 Å². The smallest absolute Gasteiger partial charge is 0.306 e. The third-order valence-electron chi connectivity index (χ3n) is 4.42. The molecule has 0 aliphatic carbocycles. The van der Waals surface area contributed by atoms with Crippen molar-refractivity contribution in [3.05, 3.63) is 22.5 Å². The largest absolute Gasteiger partial charge is 0.359 e. The van der Waals surface area contributed by atoms with E-state index in [0.717, 1.165) is 38.4 Å². The summed E-state index contributed by atoms with van der Waals surface area (Å²) < 4.78 is 1.53. The summed E-state index contributed by atoms with van der Waals surface area (Å²) in [4.78, 5) is 28.5. The summed E-state index contributed by atoms with van der Waals surface area (Å²) >= 11 is 0. The molecule has 11 heteroatoms. The van der Waals surface area contributed by atoms with E-state index in [1.54, 1.807) is 7.05 Å². The molecule has 27 heavy (non-hydrogen) atoms. The van der Waals surface area contributed by atoms with Gasteiger partial charge in [0.25, 0.3) is 0 Å². The van der Waals surface area contributed by atoms with Gasteiger partial charge in [0.2, 0.25) is 5.91 Å². The highest BCUT2D eigenvalue weighted by atomic mass is 127. The lowest BCUT2D eigenvalue weighted by molar-refractivity contribution is -0.385. The van der Waals surface area contributed by atoms with E-state index < -0.39 is 4.92 Å². The number of nitro groups is 1. The van der Waals surface area contributed by atoms with Gasteiger partial charge in [0, 0.05) is 33.1 Å². The van der Waals surface area contributed by atoms with Crippen molar-refractivity contribution in [2.24, 2.45) is 10.9 Å². The van der Waals surface area contributed by atoms with Gasteiger partial charge in [-0.15, -0.1) is 24.0 Å². The van der Waals surface area contributed by atoms with Gasteiger partial charge < -0.3 is 15.5 Å². The summed E-state index contributed by atoms with van der Waals surface area (Å²) in [6, 6.07) is 0. The number of nitrogens with zero attached hydrogens (tertiary/aromatic N) is 5. The van der Waals surface area contributed by atoms with Crippen molar-refractivity contribution in [1.29, 1.82) is 0 Å². The third kappa shape index (κ3) is 7.31. The Labute approximate surface area is 175 Å². The van der Waals surface area contributed by atoms with Gasteiger partial charge in [-0.05, 0) is 25.7 Å². The van der Waals surface area contributed by atoms with Crippen molar-refractivity contribution < 1.29 is 9.72 Å². The van der Waals surface area contributed by atoms with Crippen LogP contribution in [0.1, 0.15) is 26.2 Å². The second-order valence-corrected chi connectivity index (χ2v) is 6.26. The van der Waals surface area contributed by atoms with Crippen LogP contribution in [-0.2, 0) is 11.3 Å². The van der Waals surface area contributed by atoms with E-state index in [4.69, 9.17) is 0 Å². The lowest BCUT2D eigenvalue weighted by Crippen LogP contribution is -2.46. The van der Waals surface area contributed by atoms with Crippen molar-refractivity contribution in [1.82, 2.24) is 25.3 Å². The number of amides is 1. The number of rotatable bonds is 7. The Morgan fingerprint density at radius 3 is 2.70 bits per heavy atom. The highest BCUT2D eigenvalue weighted by Gasteiger charge is 2.23. The monoisotopic (exact) mass is 493 g/mol. The maximum Gasteiger partial charge on any atom is 0.306 e. The second kappa shape index (κ2) is 11.7. The molecule has 0 bridgehead atoms. The first-order chi connectivity index (χ1) is 12.5. The number of carbonyl (C=O) groups excluding carboxylic acids is 1. The molecule has 1 aromatic rings. The highest BCUT2D eigenvalue weighted by Crippen LogP contribution is 2.20. The first-order valence-electron chi connectivity index (χ1n) is 8.94. The zero-order chi connectivity index (χ0) is 18.9. The molecule has 0 unspecified atom stereocenters. The van der Waals surface area contributed by atoms with Crippen molar-refractivity contribution >= 4 is 41.5 Å². The fourth-order valence-electron chi connectivity index (χ4n) is 2.97. The number of likely N-dealkylation sites (tertiary alicyclic amines) is 1. The molecule has 0 atom stereocenters. The minimum absolute atomic E-state index is 0. The van der Waals surface area contributed by atoms with Gasteiger partial charge in [0.05, 0.1) is 18.0 Å². The van der Waals surface area contributed by atoms with Crippen molar-refractivity contribution in [3.8, 4) is 0 Å². The summed E-state index contributed by atoms with van der Waals surface area (Å²) in [6.45, 7) is 5.48. The van der Waals surface area contributed by atoms with E-state index in [1.807, 2.05) is 6.92 Å². The number of carbonyl (C=O) groups is 1. The molecule has 1 saturated heterocycles. The Bertz CT molecular complexity index is 642. The number of piperidine rings is 1. The zero-order valence-corrected chi connectivity index (χ0v) is 18.1. The van der Waals surface area contributed by atoms with Crippen LogP contribution in [0.5, 0.6) is 0 Å². The maximum absolute atomic E-state index is 11.5. The van der Waals surface area contributed by atoms with Gasteiger partial charge in [0.1, 0.15) is 12.4 Å². The standard InChI is InChI=1S/C16H27N7O3.HI/c1-3-18-16(19-6-9-22-12-14(11-20-22)23(25)26)21-7-4-13(5-8-21)10-15(24)17-2;/h11-13H,3-10H2,1-2H3,(H,17,24)(H,18,19);1H. The molecule has 2 heterocycles. The van der Waals surface area contributed by atoms with E-state index in [2.05, 4.69) is 25.6 Å². The van der Waals surface area contributed by atoms with Crippen LogP contribution >= 0.6 is 24.0 Å². The van der Waals surface area contributed by atoms with E-state index in [9.17, 15) is 14.9 Å². The molecule has 2 N–H and O–H groups in total. The first kappa shape index (κ1) is 23.1. The molecule has 0 spiro atoms. The molecule has 10 nitrogen and oxygen atoms in total. The maximum atomic E-state index is 11.5. The lowest BCUT2D eigenvalue weighted by Gasteiger charge is -2.34. The Morgan fingerprint density at radius 1 is 1.44 bits per heavy atom. The molecule has 1 amide bonds. The topological polar surface area (TPSA) is 118 Å². The van der Waals surface area contributed by atoms with Crippen molar-refractivity contribution in [3.63, 3.8) is 0 Å². The van der Waals surface area contributed by atoms with Gasteiger partial charge in [0.15, 0.2) is 5.96 Å². The van der Waals surface area contributed by atoms with Gasteiger partial charge in [-0.25, -0.2) is 0 Å². The molecular formula is C16H28IN7O3. The summed E-state index contributed by atoms with van der Waals surface area (Å²) in [7, 11) is 1.67. The highest BCUT2D eigenvalue weighted by molar-refractivity contribution is 14.0. The number of hydrogen-bond donors (Lipinski definition) is 2.